The van der Waals surface area contributed by atoms with E-state index in [2.05, 4.69) is 30.3 Å². The van der Waals surface area contributed by atoms with E-state index < -0.39 is 87.2 Å². The lowest BCUT2D eigenvalue weighted by molar-refractivity contribution is -0.284. The molecule has 0 unspecified atom stereocenters. The van der Waals surface area contributed by atoms with Gasteiger partial charge < -0.3 is 44.2 Å². The van der Waals surface area contributed by atoms with Gasteiger partial charge in [-0.3, -0.25) is 19.2 Å². The van der Waals surface area contributed by atoms with E-state index in [0.717, 1.165) is 18.5 Å². The molecule has 1 heterocycles. The molecule has 1 aromatic carbocycles. The van der Waals surface area contributed by atoms with Crippen LogP contribution in [0, 0.1) is 0 Å². The van der Waals surface area contributed by atoms with Crippen molar-refractivity contribution in [3.8, 4) is 0 Å². The molecule has 45 heavy (non-hydrogen) atoms. The molecule has 2 rings (SSSR count). The van der Waals surface area contributed by atoms with Gasteiger partial charge in [-0.2, -0.15) is 0 Å². The zero-order chi connectivity index (χ0) is 33.7. The van der Waals surface area contributed by atoms with Gasteiger partial charge in [0.25, 0.3) is 5.91 Å². The number of carbonyl (C=O) groups is 5. The van der Waals surface area contributed by atoms with Crippen LogP contribution in [0.25, 0.3) is 0 Å². The highest BCUT2D eigenvalue weighted by molar-refractivity contribution is 6.76. The summed E-state index contributed by atoms with van der Waals surface area (Å²) in [6.45, 7) is 10.9. The number of benzene rings is 1. The Labute approximate surface area is 264 Å². The molecule has 1 saturated heterocycles. The first kappa shape index (κ1) is 37.8. The predicted octanol–water partition coefficient (Wildman–Crippen LogP) is 1.06. The molecule has 0 spiro atoms. The van der Waals surface area contributed by atoms with Crippen LogP contribution in [0.5, 0.6) is 0 Å². The molecule has 0 bridgehead atoms. The zero-order valence-corrected chi connectivity index (χ0v) is 27.9. The largest absolute Gasteiger partial charge is 0.464 e. The van der Waals surface area contributed by atoms with Crippen LogP contribution in [0.4, 0.5) is 0 Å². The Morgan fingerprint density at radius 3 is 2.22 bits per heavy atom. The number of esters is 3. The molecule has 1 aromatic rings. The Kier molecular flexibility index (Phi) is 15.1. The predicted molar refractivity (Wildman–Crippen MR) is 162 cm³/mol. The van der Waals surface area contributed by atoms with Crippen molar-refractivity contribution in [2.45, 2.75) is 103 Å². The fourth-order valence-corrected chi connectivity index (χ4v) is 4.84. The third kappa shape index (κ3) is 13.7. The number of amides is 2. The van der Waals surface area contributed by atoms with E-state index in [4.69, 9.17) is 28.4 Å². The maximum Gasteiger partial charge on any atom is 0.328 e. The second-order valence-electron chi connectivity index (χ2n) is 12.0. The average Bonchev–Trinajstić information content (AvgIpc) is 2.96. The molecule has 1 aliphatic rings. The van der Waals surface area contributed by atoms with Crippen LogP contribution in [0.15, 0.2) is 30.3 Å². The maximum atomic E-state index is 13.1. The Balaban J connectivity index is 2.25. The zero-order valence-electron chi connectivity index (χ0n) is 26.9. The number of carbonyl (C=O) groups excluding carboxylic acids is 5. The molecule has 3 N–H and O–H groups in total. The van der Waals surface area contributed by atoms with E-state index in [1.165, 1.54) is 20.8 Å². The summed E-state index contributed by atoms with van der Waals surface area (Å²) >= 11 is 0. The molecule has 2 amide bonds. The van der Waals surface area contributed by atoms with Gasteiger partial charge in [0.15, 0.2) is 12.9 Å². The highest BCUT2D eigenvalue weighted by Crippen LogP contribution is 2.27. The van der Waals surface area contributed by atoms with E-state index in [-0.39, 0.29) is 19.8 Å². The number of aliphatic hydroxyl groups is 1. The molecule has 1 fully saturated rings. The van der Waals surface area contributed by atoms with Crippen molar-refractivity contribution in [3.05, 3.63) is 35.9 Å². The highest BCUT2D eigenvalue weighted by Gasteiger charge is 2.49. The molecule has 0 radical (unpaired) electrons. The summed E-state index contributed by atoms with van der Waals surface area (Å²) in [6, 6.07) is 7.62. The van der Waals surface area contributed by atoms with Gasteiger partial charge in [0, 0.05) is 21.9 Å². The second kappa shape index (κ2) is 17.9. The molecule has 0 saturated carbocycles. The molecule has 7 atom stereocenters. The Morgan fingerprint density at radius 2 is 1.62 bits per heavy atom. The van der Waals surface area contributed by atoms with Gasteiger partial charge in [0.2, 0.25) is 5.91 Å². The molecular formula is C30H46N2O12Si. The van der Waals surface area contributed by atoms with Crippen LogP contribution < -0.4 is 10.6 Å². The SMILES string of the molecule is CC(=O)OCC(=O)N[C@H]1[C@@H](OCc2ccccc2)O[C@H](COC(C)=O)[C@@H](O)[C@@H]1O[C@H](C)C(=O)N[C@@H](C)C(=O)OCC[Si](C)(C)C. The van der Waals surface area contributed by atoms with Gasteiger partial charge in [-0.1, -0.05) is 50.0 Å². The first-order valence-corrected chi connectivity index (χ1v) is 18.5. The van der Waals surface area contributed by atoms with E-state index >= 15 is 0 Å². The van der Waals surface area contributed by atoms with Crippen molar-refractivity contribution < 1.29 is 57.5 Å². The minimum Gasteiger partial charge on any atom is -0.464 e. The molecule has 14 nitrogen and oxygen atoms in total. The Bertz CT molecular complexity index is 1150. The van der Waals surface area contributed by atoms with Crippen LogP contribution >= 0.6 is 0 Å². The van der Waals surface area contributed by atoms with Crippen molar-refractivity contribution in [2.75, 3.05) is 19.8 Å². The number of aliphatic hydroxyl groups excluding tert-OH is 1. The third-order valence-corrected chi connectivity index (χ3v) is 8.36. The van der Waals surface area contributed by atoms with Crippen molar-refractivity contribution in [1.29, 1.82) is 0 Å². The number of hydrogen-bond donors (Lipinski definition) is 3. The van der Waals surface area contributed by atoms with Crippen molar-refractivity contribution in [1.82, 2.24) is 10.6 Å². The van der Waals surface area contributed by atoms with Gasteiger partial charge >= 0.3 is 17.9 Å². The summed E-state index contributed by atoms with van der Waals surface area (Å²) in [6.07, 6.45) is -6.56. The normalized spacial score (nSPS) is 22.8. The molecule has 252 valence electrons. The summed E-state index contributed by atoms with van der Waals surface area (Å²) in [5, 5.41) is 16.4. The number of hydrogen-bond acceptors (Lipinski definition) is 12. The first-order chi connectivity index (χ1) is 21.1. The molecular weight excluding hydrogens is 608 g/mol. The monoisotopic (exact) mass is 654 g/mol. The topological polar surface area (TPSA) is 185 Å². The number of nitrogens with one attached hydrogen (secondary N) is 2. The quantitative estimate of drug-likeness (QED) is 0.131. The lowest BCUT2D eigenvalue weighted by Gasteiger charge is -2.45. The highest BCUT2D eigenvalue weighted by atomic mass is 28.3. The number of rotatable bonds is 16. The lowest BCUT2D eigenvalue weighted by atomic mass is 9.96. The van der Waals surface area contributed by atoms with Crippen LogP contribution in [0.2, 0.25) is 25.7 Å². The maximum absolute atomic E-state index is 13.1. The molecule has 0 aliphatic carbocycles. The van der Waals surface area contributed by atoms with Crippen LogP contribution in [0.1, 0.15) is 33.3 Å². The van der Waals surface area contributed by atoms with E-state index in [0.29, 0.717) is 0 Å². The number of ether oxygens (including phenoxy) is 6. The fourth-order valence-electron chi connectivity index (χ4n) is 4.13. The second-order valence-corrected chi connectivity index (χ2v) is 17.6. The average molecular weight is 655 g/mol. The van der Waals surface area contributed by atoms with Crippen molar-refractivity contribution >= 4 is 37.8 Å². The summed E-state index contributed by atoms with van der Waals surface area (Å²) in [5.41, 5.74) is 0.768. The van der Waals surface area contributed by atoms with Gasteiger partial charge in [-0.15, -0.1) is 0 Å². The summed E-state index contributed by atoms with van der Waals surface area (Å²) in [7, 11) is -1.43. The van der Waals surface area contributed by atoms with E-state index in [1.807, 2.05) is 6.07 Å². The van der Waals surface area contributed by atoms with E-state index in [1.54, 1.807) is 24.3 Å². The standard InChI is InChI=1S/C30H46N2O12Si/c1-18(29(38)39-13-14-45(5,6)7)31-28(37)19(2)43-27-25(32-24(35)17-41-21(4)34)30(42-15-22-11-9-8-10-12-22)44-23(26(27)36)16-40-20(3)33/h8-12,18-19,23,25-27,30,36H,13-17H2,1-7H3,(H,31,37)(H,32,35)/t18-,19+,23+,25+,26+,27+,30-/m0/s1. The van der Waals surface area contributed by atoms with Gasteiger partial charge in [0.1, 0.15) is 43.1 Å². The van der Waals surface area contributed by atoms with Crippen molar-refractivity contribution in [3.63, 3.8) is 0 Å². The minimum absolute atomic E-state index is 0.0261. The van der Waals surface area contributed by atoms with Gasteiger partial charge in [-0.05, 0) is 25.5 Å². The van der Waals surface area contributed by atoms with Crippen LogP contribution in [0.3, 0.4) is 0 Å². The van der Waals surface area contributed by atoms with Gasteiger partial charge in [0.05, 0.1) is 13.2 Å². The molecule has 1 aliphatic heterocycles. The summed E-state index contributed by atoms with van der Waals surface area (Å²) < 4.78 is 33.1. The van der Waals surface area contributed by atoms with Crippen LogP contribution in [-0.4, -0.2) is 106 Å². The molecule has 15 heteroatoms. The smallest absolute Gasteiger partial charge is 0.328 e. The molecule has 0 aromatic heterocycles. The summed E-state index contributed by atoms with van der Waals surface area (Å²) in [4.78, 5) is 61.1. The fraction of sp³-hybridized carbons (Fsp3) is 0.633. The third-order valence-electron chi connectivity index (χ3n) is 6.65. The lowest BCUT2D eigenvalue weighted by Crippen LogP contribution is -2.66. The van der Waals surface area contributed by atoms with E-state index in [9.17, 15) is 29.1 Å². The first-order valence-electron chi connectivity index (χ1n) is 14.7. The van der Waals surface area contributed by atoms with Crippen LogP contribution in [-0.2, 0) is 59.0 Å². The minimum atomic E-state index is -1.53. The Morgan fingerprint density at radius 1 is 0.978 bits per heavy atom. The Hall–Kier alpha value is -3.37. The summed E-state index contributed by atoms with van der Waals surface area (Å²) in [5.74, 6) is -3.36. The van der Waals surface area contributed by atoms with Crippen molar-refractivity contribution in [2.24, 2.45) is 0 Å². The van der Waals surface area contributed by atoms with Gasteiger partial charge in [-0.25, -0.2) is 4.79 Å².